The summed E-state index contributed by atoms with van der Waals surface area (Å²) in [4.78, 5) is 0. The molecule has 0 radical (unpaired) electrons. The van der Waals surface area contributed by atoms with Crippen molar-refractivity contribution in [2.24, 2.45) is 11.8 Å². The molecule has 0 heterocycles. The molecule has 0 spiro atoms. The quantitative estimate of drug-likeness (QED) is 0.837. The van der Waals surface area contributed by atoms with Gasteiger partial charge in [0.15, 0.2) is 0 Å². The van der Waals surface area contributed by atoms with Crippen molar-refractivity contribution in [2.75, 3.05) is 5.32 Å². The van der Waals surface area contributed by atoms with Gasteiger partial charge in [-0.05, 0) is 65.6 Å². The largest absolute Gasteiger partial charge is 0.380 e. The second kappa shape index (κ2) is 4.43. The van der Waals surface area contributed by atoms with Crippen molar-refractivity contribution in [1.82, 2.24) is 0 Å². The number of nitrogens with one attached hydrogen (secondary N) is 1. The molecule has 0 atom stereocenters. The number of anilines is 1. The van der Waals surface area contributed by atoms with E-state index in [1.807, 2.05) is 0 Å². The maximum absolute atomic E-state index is 13.1. The lowest BCUT2D eigenvalue weighted by Gasteiger charge is -2.21. The van der Waals surface area contributed by atoms with Crippen LogP contribution in [0.25, 0.3) is 0 Å². The lowest BCUT2D eigenvalue weighted by Crippen LogP contribution is -2.24. The molecule has 2 aliphatic rings. The van der Waals surface area contributed by atoms with Gasteiger partial charge in [0.2, 0.25) is 0 Å². The summed E-state index contributed by atoms with van der Waals surface area (Å²) in [6.07, 6.45) is 5.24. The zero-order chi connectivity index (χ0) is 12.0. The molecule has 0 aliphatic heterocycles. The van der Waals surface area contributed by atoms with Crippen molar-refractivity contribution in [2.45, 2.75) is 31.7 Å². The lowest BCUT2D eigenvalue weighted by molar-refractivity contribution is 0.567. The second-order valence-electron chi connectivity index (χ2n) is 5.09. The summed E-state index contributed by atoms with van der Waals surface area (Å²) >= 11 is 9.48. The van der Waals surface area contributed by atoms with Gasteiger partial charge >= 0.3 is 0 Å². The molecule has 2 fully saturated rings. The second-order valence-corrected chi connectivity index (χ2v) is 6.35. The highest BCUT2D eigenvalue weighted by molar-refractivity contribution is 9.10. The highest BCUT2D eigenvalue weighted by Crippen LogP contribution is 2.47. The van der Waals surface area contributed by atoms with Gasteiger partial charge in [-0.25, -0.2) is 4.39 Å². The molecule has 0 bridgehead atoms. The Morgan fingerprint density at radius 1 is 1.24 bits per heavy atom. The van der Waals surface area contributed by atoms with Gasteiger partial charge in [0.25, 0.3) is 0 Å². The minimum Gasteiger partial charge on any atom is -0.380 e. The minimum atomic E-state index is -0.304. The predicted molar refractivity (Wildman–Crippen MR) is 72.0 cm³/mol. The molecule has 0 unspecified atom stereocenters. The Morgan fingerprint density at radius 2 is 1.82 bits per heavy atom. The van der Waals surface area contributed by atoms with E-state index in [1.54, 1.807) is 0 Å². The molecular formula is C13H14BrClFN. The molecule has 1 N–H and O–H groups in total. The van der Waals surface area contributed by atoms with E-state index in [1.165, 1.54) is 37.8 Å². The van der Waals surface area contributed by atoms with E-state index in [-0.39, 0.29) is 5.82 Å². The lowest BCUT2D eigenvalue weighted by atomic mass is 10.1. The molecule has 2 aliphatic carbocycles. The van der Waals surface area contributed by atoms with Crippen LogP contribution in [0.4, 0.5) is 10.1 Å². The van der Waals surface area contributed by atoms with Crippen molar-refractivity contribution in [1.29, 1.82) is 0 Å². The molecule has 0 aromatic heterocycles. The van der Waals surface area contributed by atoms with Gasteiger partial charge in [-0.15, -0.1) is 0 Å². The summed E-state index contributed by atoms with van der Waals surface area (Å²) in [5.74, 6) is 1.27. The van der Waals surface area contributed by atoms with Gasteiger partial charge in [-0.2, -0.15) is 0 Å². The van der Waals surface area contributed by atoms with E-state index < -0.39 is 0 Å². The van der Waals surface area contributed by atoms with E-state index in [4.69, 9.17) is 11.6 Å². The molecule has 0 amide bonds. The average Bonchev–Trinajstić information content (AvgIpc) is 3.12. The van der Waals surface area contributed by atoms with Crippen molar-refractivity contribution >= 4 is 33.2 Å². The topological polar surface area (TPSA) is 12.0 Å². The normalized spacial score (nSPS) is 19.8. The van der Waals surface area contributed by atoms with Crippen LogP contribution in [0.5, 0.6) is 0 Å². The first-order valence-corrected chi connectivity index (χ1v) is 7.23. The van der Waals surface area contributed by atoms with Crippen molar-refractivity contribution < 1.29 is 4.39 Å². The van der Waals surface area contributed by atoms with Gasteiger partial charge in [0.1, 0.15) is 5.82 Å². The first-order chi connectivity index (χ1) is 8.15. The van der Waals surface area contributed by atoms with Crippen LogP contribution >= 0.6 is 27.5 Å². The zero-order valence-electron chi connectivity index (χ0n) is 9.35. The number of halogens is 3. The Bertz CT molecular complexity index is 408. The van der Waals surface area contributed by atoms with E-state index in [2.05, 4.69) is 21.2 Å². The molecule has 0 saturated heterocycles. The fourth-order valence-electron chi connectivity index (χ4n) is 2.38. The molecule has 92 valence electrons. The Labute approximate surface area is 114 Å². The van der Waals surface area contributed by atoms with E-state index in [0.717, 1.165) is 17.5 Å². The van der Waals surface area contributed by atoms with Crippen LogP contribution < -0.4 is 5.32 Å². The average molecular weight is 319 g/mol. The first kappa shape index (κ1) is 11.8. The van der Waals surface area contributed by atoms with E-state index in [9.17, 15) is 4.39 Å². The predicted octanol–water partition coefficient (Wildman–Crippen LogP) is 4.84. The number of hydrogen-bond acceptors (Lipinski definition) is 1. The molecule has 17 heavy (non-hydrogen) atoms. The Kier molecular flexibility index (Phi) is 3.07. The molecule has 1 nitrogen and oxygen atoms in total. The molecule has 3 rings (SSSR count). The van der Waals surface area contributed by atoms with Gasteiger partial charge in [0, 0.05) is 10.5 Å². The van der Waals surface area contributed by atoms with E-state index >= 15 is 0 Å². The number of hydrogen-bond donors (Lipinski definition) is 1. The van der Waals surface area contributed by atoms with Crippen molar-refractivity contribution in [3.63, 3.8) is 0 Å². The molecule has 4 heteroatoms. The summed E-state index contributed by atoms with van der Waals surface area (Å²) in [6.45, 7) is 0. The molecular weight excluding hydrogens is 305 g/mol. The van der Waals surface area contributed by atoms with Crippen LogP contribution in [0.3, 0.4) is 0 Å². The third-order valence-corrected chi connectivity index (χ3v) is 4.50. The highest BCUT2D eigenvalue weighted by atomic mass is 79.9. The SMILES string of the molecule is Fc1cc(Cl)c(NC(C2CC2)C2CC2)c(Br)c1. The number of rotatable bonds is 4. The van der Waals surface area contributed by atoms with E-state index in [0.29, 0.717) is 15.5 Å². The minimum absolute atomic E-state index is 0.304. The first-order valence-electron chi connectivity index (χ1n) is 6.06. The Hall–Kier alpha value is -0.280. The summed E-state index contributed by atoms with van der Waals surface area (Å²) in [5.41, 5.74) is 0.844. The third-order valence-electron chi connectivity index (χ3n) is 3.58. The van der Waals surface area contributed by atoms with Crippen LogP contribution in [0.15, 0.2) is 16.6 Å². The maximum Gasteiger partial charge on any atom is 0.125 e. The Balaban J connectivity index is 1.83. The number of benzene rings is 1. The van der Waals surface area contributed by atoms with Crippen molar-refractivity contribution in [3.8, 4) is 0 Å². The standard InChI is InChI=1S/C13H14BrClFN/c14-10-5-9(16)6-11(15)13(10)17-12(7-1-2-7)8-3-4-8/h5-8,12,17H,1-4H2. The Morgan fingerprint density at radius 3 is 2.29 bits per heavy atom. The van der Waals surface area contributed by atoms with Gasteiger partial charge in [-0.1, -0.05) is 11.6 Å². The highest BCUT2D eigenvalue weighted by Gasteiger charge is 2.41. The van der Waals surface area contributed by atoms with Crippen LogP contribution in [-0.2, 0) is 0 Å². The monoisotopic (exact) mass is 317 g/mol. The molecule has 2 saturated carbocycles. The fraction of sp³-hybridized carbons (Fsp3) is 0.538. The van der Waals surface area contributed by atoms with Gasteiger partial charge in [0.05, 0.1) is 10.7 Å². The smallest absolute Gasteiger partial charge is 0.125 e. The third kappa shape index (κ3) is 2.60. The van der Waals surface area contributed by atoms with Crippen LogP contribution in [0.1, 0.15) is 25.7 Å². The maximum atomic E-state index is 13.1. The van der Waals surface area contributed by atoms with Crippen LogP contribution in [0, 0.1) is 17.7 Å². The summed E-state index contributed by atoms with van der Waals surface area (Å²) in [5, 5.41) is 3.98. The molecule has 1 aromatic rings. The van der Waals surface area contributed by atoms with Crippen LogP contribution in [-0.4, -0.2) is 6.04 Å². The fourth-order valence-corrected chi connectivity index (χ4v) is 3.30. The van der Waals surface area contributed by atoms with Crippen molar-refractivity contribution in [3.05, 3.63) is 27.4 Å². The van der Waals surface area contributed by atoms with Gasteiger partial charge < -0.3 is 5.32 Å². The molecule has 1 aromatic carbocycles. The summed E-state index contributed by atoms with van der Waals surface area (Å²) < 4.78 is 13.9. The zero-order valence-corrected chi connectivity index (χ0v) is 11.7. The van der Waals surface area contributed by atoms with Gasteiger partial charge in [-0.3, -0.25) is 0 Å². The summed E-state index contributed by atoms with van der Waals surface area (Å²) in [6, 6.07) is 3.35. The van der Waals surface area contributed by atoms with Crippen LogP contribution in [0.2, 0.25) is 5.02 Å². The summed E-state index contributed by atoms with van der Waals surface area (Å²) in [7, 11) is 0.